The average Bonchev–Trinajstić information content (AvgIpc) is 3.39. The highest BCUT2D eigenvalue weighted by Gasteiger charge is 2.53. The van der Waals surface area contributed by atoms with E-state index in [9.17, 15) is 9.18 Å². The second-order valence-corrected chi connectivity index (χ2v) is 8.73. The van der Waals surface area contributed by atoms with E-state index in [1.54, 1.807) is 18.2 Å². The van der Waals surface area contributed by atoms with Crippen molar-refractivity contribution in [3.63, 3.8) is 0 Å². The number of hydrogen-bond donors (Lipinski definition) is 1. The largest absolute Gasteiger partial charge is 0.494 e. The molecule has 2 aromatic rings. The maximum absolute atomic E-state index is 14.2. The zero-order valence-electron chi connectivity index (χ0n) is 16.7. The molecule has 0 aromatic heterocycles. The molecule has 4 rings (SSSR count). The molecule has 1 saturated carbocycles. The number of benzene rings is 2. The van der Waals surface area contributed by atoms with Crippen molar-refractivity contribution >= 4 is 24.2 Å². The van der Waals surface area contributed by atoms with Crippen molar-refractivity contribution in [3.05, 3.63) is 59.9 Å². The van der Waals surface area contributed by atoms with Crippen LogP contribution < -0.4 is 10.8 Å². The van der Waals surface area contributed by atoms with Crippen molar-refractivity contribution in [2.45, 2.75) is 57.2 Å². The molecule has 1 aliphatic heterocycles. The summed E-state index contributed by atoms with van der Waals surface area (Å²) in [6, 6.07) is 13.9. The van der Waals surface area contributed by atoms with E-state index in [1.165, 1.54) is 6.07 Å². The minimum absolute atomic E-state index is 0.166. The van der Waals surface area contributed by atoms with E-state index >= 15 is 0 Å². The summed E-state index contributed by atoms with van der Waals surface area (Å²) in [5.41, 5.74) is 0.488. The molecular formula is C22H25BFNO3. The molecule has 0 radical (unpaired) electrons. The van der Waals surface area contributed by atoms with Crippen molar-refractivity contribution in [2.75, 3.05) is 5.32 Å². The molecule has 1 aliphatic carbocycles. The second kappa shape index (κ2) is 6.43. The molecule has 0 atom stereocenters. The first-order chi connectivity index (χ1) is 13.1. The van der Waals surface area contributed by atoms with Gasteiger partial charge in [-0.15, -0.1) is 0 Å². The van der Waals surface area contributed by atoms with Crippen molar-refractivity contribution < 1.29 is 18.5 Å². The van der Waals surface area contributed by atoms with Gasteiger partial charge in [0.25, 0.3) is 0 Å². The summed E-state index contributed by atoms with van der Waals surface area (Å²) in [4.78, 5) is 12.8. The first kappa shape index (κ1) is 19.2. The summed E-state index contributed by atoms with van der Waals surface area (Å²) >= 11 is 0. The van der Waals surface area contributed by atoms with E-state index in [1.807, 2.05) is 52.0 Å². The highest BCUT2D eigenvalue weighted by molar-refractivity contribution is 6.62. The molecule has 6 heteroatoms. The number of hydrogen-bond acceptors (Lipinski definition) is 3. The Morgan fingerprint density at radius 3 is 2.07 bits per heavy atom. The third kappa shape index (κ3) is 3.14. The molecule has 2 aliphatic rings. The van der Waals surface area contributed by atoms with Crippen LogP contribution in [0.5, 0.6) is 0 Å². The van der Waals surface area contributed by atoms with E-state index in [0.717, 1.165) is 5.46 Å². The minimum Gasteiger partial charge on any atom is -0.399 e. The first-order valence-electron chi connectivity index (χ1n) is 9.67. The topological polar surface area (TPSA) is 47.6 Å². The molecule has 0 bridgehead atoms. The Labute approximate surface area is 165 Å². The molecule has 4 nitrogen and oxygen atoms in total. The van der Waals surface area contributed by atoms with Crippen LogP contribution in [0, 0.1) is 5.82 Å². The number of halogens is 1. The molecule has 1 heterocycles. The van der Waals surface area contributed by atoms with Crippen LogP contribution in [0.15, 0.2) is 48.5 Å². The summed E-state index contributed by atoms with van der Waals surface area (Å²) in [6.45, 7) is 8.05. The Morgan fingerprint density at radius 2 is 1.54 bits per heavy atom. The van der Waals surface area contributed by atoms with Gasteiger partial charge in [0, 0.05) is 11.3 Å². The van der Waals surface area contributed by atoms with Gasteiger partial charge >= 0.3 is 7.12 Å². The van der Waals surface area contributed by atoms with Crippen LogP contribution >= 0.6 is 0 Å². The van der Waals surface area contributed by atoms with Gasteiger partial charge in [-0.1, -0.05) is 30.3 Å². The lowest BCUT2D eigenvalue weighted by Gasteiger charge is -2.32. The van der Waals surface area contributed by atoms with Crippen LogP contribution in [0.1, 0.15) is 46.1 Å². The molecule has 2 aromatic carbocycles. The quantitative estimate of drug-likeness (QED) is 0.820. The molecule has 0 spiro atoms. The van der Waals surface area contributed by atoms with Crippen LogP contribution in [-0.4, -0.2) is 24.2 Å². The van der Waals surface area contributed by atoms with Crippen molar-refractivity contribution in [1.82, 2.24) is 0 Å². The molecule has 146 valence electrons. The minimum atomic E-state index is -0.754. The smallest absolute Gasteiger partial charge is 0.399 e. The molecule has 1 amide bonds. The van der Waals surface area contributed by atoms with E-state index in [2.05, 4.69) is 5.32 Å². The maximum Gasteiger partial charge on any atom is 0.494 e. The normalized spacial score (nSPS) is 21.4. The van der Waals surface area contributed by atoms with Gasteiger partial charge in [-0.25, -0.2) is 4.39 Å². The lowest BCUT2D eigenvalue weighted by molar-refractivity contribution is -0.118. The number of rotatable bonds is 4. The number of anilines is 1. The standard InChI is InChI=1S/C22H25BFNO3/c1-20(2)21(3,4)28-23(27-20)15-9-11-16(12-10-15)25-19(26)22(13-14-22)17-7-5-6-8-18(17)24/h5-12H,13-14H2,1-4H3,(H,25,26). The van der Waals surface area contributed by atoms with Gasteiger partial charge in [0.1, 0.15) is 5.82 Å². The van der Waals surface area contributed by atoms with E-state index in [-0.39, 0.29) is 11.7 Å². The van der Waals surface area contributed by atoms with E-state index in [4.69, 9.17) is 9.31 Å². The Hall–Kier alpha value is -2.18. The SMILES string of the molecule is CC1(C)OB(c2ccc(NC(=O)C3(c4ccccc4F)CC3)cc2)OC1(C)C. The van der Waals surface area contributed by atoms with Crippen LogP contribution in [0.3, 0.4) is 0 Å². The van der Waals surface area contributed by atoms with Crippen molar-refractivity contribution in [1.29, 1.82) is 0 Å². The number of amides is 1. The van der Waals surface area contributed by atoms with Gasteiger partial charge in [-0.05, 0) is 64.2 Å². The second-order valence-electron chi connectivity index (χ2n) is 8.73. The first-order valence-corrected chi connectivity index (χ1v) is 9.67. The summed E-state index contributed by atoms with van der Waals surface area (Å²) in [6.07, 6.45) is 1.32. The molecule has 1 saturated heterocycles. The van der Waals surface area contributed by atoms with Gasteiger partial charge in [0.05, 0.1) is 16.6 Å². The van der Waals surface area contributed by atoms with Crippen LogP contribution in [0.25, 0.3) is 0 Å². The molecular weight excluding hydrogens is 356 g/mol. The van der Waals surface area contributed by atoms with Crippen molar-refractivity contribution in [2.24, 2.45) is 0 Å². The Kier molecular flexibility index (Phi) is 4.40. The third-order valence-electron chi connectivity index (χ3n) is 6.27. The monoisotopic (exact) mass is 381 g/mol. The Morgan fingerprint density at radius 1 is 0.964 bits per heavy atom. The fourth-order valence-electron chi connectivity index (χ4n) is 3.55. The summed E-state index contributed by atoms with van der Waals surface area (Å²) in [5, 5.41) is 2.93. The van der Waals surface area contributed by atoms with E-state index < -0.39 is 23.7 Å². The third-order valence-corrected chi connectivity index (χ3v) is 6.27. The fourth-order valence-corrected chi connectivity index (χ4v) is 3.55. The van der Waals surface area contributed by atoms with Crippen LogP contribution in [0.2, 0.25) is 0 Å². The number of carbonyl (C=O) groups excluding carboxylic acids is 1. The predicted octanol–water partition coefficient (Wildman–Crippen LogP) is 3.80. The average molecular weight is 381 g/mol. The molecule has 0 unspecified atom stereocenters. The molecule has 2 fully saturated rings. The van der Waals surface area contributed by atoms with Crippen molar-refractivity contribution in [3.8, 4) is 0 Å². The highest BCUT2D eigenvalue weighted by atomic mass is 19.1. The van der Waals surface area contributed by atoms with Crippen LogP contribution in [-0.2, 0) is 19.5 Å². The van der Waals surface area contributed by atoms with Gasteiger partial charge in [-0.3, -0.25) is 4.79 Å². The Bertz CT molecular complexity index is 890. The zero-order chi connectivity index (χ0) is 20.2. The highest BCUT2D eigenvalue weighted by Crippen LogP contribution is 2.49. The van der Waals surface area contributed by atoms with Gasteiger partial charge in [0.15, 0.2) is 0 Å². The molecule has 1 N–H and O–H groups in total. The lowest BCUT2D eigenvalue weighted by atomic mass is 9.79. The number of carbonyl (C=O) groups is 1. The fraction of sp³-hybridized carbons (Fsp3) is 0.409. The Balaban J connectivity index is 1.47. The molecule has 28 heavy (non-hydrogen) atoms. The van der Waals surface area contributed by atoms with Gasteiger partial charge in [0.2, 0.25) is 5.91 Å². The summed E-state index contributed by atoms with van der Waals surface area (Å²) in [5.74, 6) is -0.493. The summed E-state index contributed by atoms with van der Waals surface area (Å²) in [7, 11) is -0.442. The summed E-state index contributed by atoms with van der Waals surface area (Å²) < 4.78 is 26.3. The van der Waals surface area contributed by atoms with Gasteiger partial charge in [-0.2, -0.15) is 0 Å². The van der Waals surface area contributed by atoms with Gasteiger partial charge < -0.3 is 14.6 Å². The maximum atomic E-state index is 14.2. The predicted molar refractivity (Wildman–Crippen MR) is 108 cm³/mol. The zero-order valence-corrected chi connectivity index (χ0v) is 16.7. The number of nitrogens with one attached hydrogen (secondary N) is 1. The lowest BCUT2D eigenvalue weighted by Crippen LogP contribution is -2.41. The van der Waals surface area contributed by atoms with Crippen LogP contribution in [0.4, 0.5) is 10.1 Å². The van der Waals surface area contributed by atoms with E-state index in [0.29, 0.717) is 24.1 Å².